The number of nitrogens with one attached hydrogen (secondary N) is 2. The van der Waals surface area contributed by atoms with Gasteiger partial charge in [0.1, 0.15) is 16.6 Å². The van der Waals surface area contributed by atoms with Gasteiger partial charge in [-0.25, -0.2) is 14.8 Å². The van der Waals surface area contributed by atoms with Crippen molar-refractivity contribution in [3.8, 4) is 16.9 Å². The molecule has 138 valence electrons. The number of amidine groups is 1. The maximum atomic E-state index is 12.2. The van der Waals surface area contributed by atoms with E-state index in [9.17, 15) is 4.79 Å². The second-order valence-electron chi connectivity index (χ2n) is 6.01. The molecule has 1 aromatic carbocycles. The molecular formula is C18H18N6O2S. The minimum atomic E-state index is -0.307. The summed E-state index contributed by atoms with van der Waals surface area (Å²) < 4.78 is 7.22. The Bertz CT molecular complexity index is 1010. The topological polar surface area (TPSA) is 93.4 Å². The van der Waals surface area contributed by atoms with E-state index in [1.807, 2.05) is 30.8 Å². The van der Waals surface area contributed by atoms with Crippen LogP contribution < -0.4 is 15.4 Å². The van der Waals surface area contributed by atoms with Crippen LogP contribution in [0.2, 0.25) is 0 Å². The van der Waals surface area contributed by atoms with Gasteiger partial charge in [0.05, 0.1) is 25.5 Å². The van der Waals surface area contributed by atoms with Gasteiger partial charge in [-0.15, -0.1) is 11.3 Å². The van der Waals surface area contributed by atoms with Crippen molar-refractivity contribution in [1.29, 1.82) is 0 Å². The van der Waals surface area contributed by atoms with Gasteiger partial charge in [0.2, 0.25) is 0 Å². The average Bonchev–Trinajstić information content (AvgIpc) is 3.39. The summed E-state index contributed by atoms with van der Waals surface area (Å²) in [4.78, 5) is 21.0. The Morgan fingerprint density at radius 2 is 2.30 bits per heavy atom. The van der Waals surface area contributed by atoms with E-state index >= 15 is 0 Å². The van der Waals surface area contributed by atoms with E-state index in [0.29, 0.717) is 18.8 Å². The van der Waals surface area contributed by atoms with Gasteiger partial charge < -0.3 is 10.1 Å². The molecule has 0 atom stereocenters. The van der Waals surface area contributed by atoms with E-state index < -0.39 is 0 Å². The van der Waals surface area contributed by atoms with Crippen molar-refractivity contribution in [2.24, 2.45) is 12.0 Å². The summed E-state index contributed by atoms with van der Waals surface area (Å²) >= 11 is 1.50. The highest BCUT2D eigenvalue weighted by atomic mass is 32.1. The lowest BCUT2D eigenvalue weighted by atomic mass is 10.0. The molecule has 0 saturated carbocycles. The number of carbonyl (C=O) groups is 1. The molecule has 4 rings (SSSR count). The Morgan fingerprint density at radius 1 is 1.41 bits per heavy atom. The first-order valence-corrected chi connectivity index (χ1v) is 9.21. The minimum absolute atomic E-state index is 0.307. The number of aliphatic imine (C=N–C) groups is 1. The molecule has 0 bridgehead atoms. The summed E-state index contributed by atoms with van der Waals surface area (Å²) in [7, 11) is 3.50. The van der Waals surface area contributed by atoms with Gasteiger partial charge in [0.25, 0.3) is 0 Å². The molecule has 0 spiro atoms. The highest BCUT2D eigenvalue weighted by Gasteiger charge is 2.24. The first-order valence-electron chi connectivity index (χ1n) is 8.33. The Morgan fingerprint density at radius 3 is 3.00 bits per heavy atom. The number of rotatable bonds is 4. The fourth-order valence-corrected chi connectivity index (χ4v) is 3.54. The number of fused-ring (bicyclic) bond motifs is 1. The van der Waals surface area contributed by atoms with Gasteiger partial charge in [-0.1, -0.05) is 0 Å². The molecular weight excluding hydrogens is 364 g/mol. The number of carbonyl (C=O) groups excluding carboxylic acids is 1. The van der Waals surface area contributed by atoms with Crippen LogP contribution in [0, 0.1) is 0 Å². The number of hydrogen-bond acceptors (Lipinski definition) is 6. The van der Waals surface area contributed by atoms with Gasteiger partial charge >= 0.3 is 6.03 Å². The highest BCUT2D eigenvalue weighted by molar-refractivity contribution is 7.09. The van der Waals surface area contributed by atoms with E-state index in [1.54, 1.807) is 24.2 Å². The van der Waals surface area contributed by atoms with Crippen LogP contribution in [-0.4, -0.2) is 33.7 Å². The summed E-state index contributed by atoms with van der Waals surface area (Å²) in [5, 5.41) is 12.6. The molecule has 0 aliphatic carbocycles. The Balaban J connectivity index is 1.54. The van der Waals surface area contributed by atoms with Crippen LogP contribution in [0.5, 0.6) is 5.75 Å². The van der Waals surface area contributed by atoms with Gasteiger partial charge in [0, 0.05) is 47.9 Å². The van der Waals surface area contributed by atoms with Crippen LogP contribution in [0.3, 0.4) is 0 Å². The number of benzene rings is 1. The largest absolute Gasteiger partial charge is 0.496 e. The van der Waals surface area contributed by atoms with Crippen LogP contribution in [0.25, 0.3) is 11.1 Å². The van der Waals surface area contributed by atoms with Crippen LogP contribution in [-0.2, 0) is 20.0 Å². The maximum absolute atomic E-state index is 12.2. The lowest BCUT2D eigenvalue weighted by Crippen LogP contribution is -2.39. The molecule has 3 heterocycles. The summed E-state index contributed by atoms with van der Waals surface area (Å²) in [5.74, 6) is 1.33. The molecule has 27 heavy (non-hydrogen) atoms. The zero-order valence-corrected chi connectivity index (χ0v) is 15.7. The van der Waals surface area contributed by atoms with Crippen molar-refractivity contribution < 1.29 is 9.53 Å². The normalized spacial score (nSPS) is 12.4. The van der Waals surface area contributed by atoms with Crippen molar-refractivity contribution in [2.75, 3.05) is 7.11 Å². The number of ether oxygens (including phenoxy) is 1. The molecule has 0 fully saturated rings. The molecule has 2 N–H and O–H groups in total. The second-order valence-corrected chi connectivity index (χ2v) is 6.99. The Hall–Kier alpha value is -3.20. The van der Waals surface area contributed by atoms with E-state index in [2.05, 4.69) is 25.7 Å². The zero-order valence-electron chi connectivity index (χ0n) is 14.9. The molecule has 0 unspecified atom stereocenters. The van der Waals surface area contributed by atoms with Crippen LogP contribution in [0.4, 0.5) is 10.5 Å². The number of urea groups is 1. The van der Waals surface area contributed by atoms with E-state index in [-0.39, 0.29) is 6.03 Å². The zero-order chi connectivity index (χ0) is 18.8. The van der Waals surface area contributed by atoms with E-state index in [1.165, 1.54) is 11.3 Å². The lowest BCUT2D eigenvalue weighted by Gasteiger charge is -2.09. The number of amides is 2. The summed E-state index contributed by atoms with van der Waals surface area (Å²) in [6.45, 7) is 0.383. The first kappa shape index (κ1) is 17.2. The molecule has 3 aromatic rings. The number of aryl methyl sites for hydroxylation is 1. The van der Waals surface area contributed by atoms with Gasteiger partial charge in [-0.05, 0) is 12.1 Å². The molecule has 1 aliphatic heterocycles. The van der Waals surface area contributed by atoms with Gasteiger partial charge in [-0.3, -0.25) is 10.00 Å². The molecule has 1 aliphatic rings. The Labute approximate surface area is 159 Å². The predicted molar refractivity (Wildman–Crippen MR) is 103 cm³/mol. The predicted octanol–water partition coefficient (Wildman–Crippen LogP) is 2.64. The average molecular weight is 382 g/mol. The number of hydrogen-bond donors (Lipinski definition) is 2. The van der Waals surface area contributed by atoms with Crippen molar-refractivity contribution in [2.45, 2.75) is 13.0 Å². The van der Waals surface area contributed by atoms with Crippen LogP contribution >= 0.6 is 11.3 Å². The van der Waals surface area contributed by atoms with E-state index in [0.717, 1.165) is 33.1 Å². The third-order valence-corrected chi connectivity index (χ3v) is 4.99. The SMILES string of the molecule is COc1ccc(-c2cnn(C)c2)c2c1CC(NC(=O)NCc1nccs1)=N2. The molecule has 0 radical (unpaired) electrons. The number of aromatic nitrogens is 3. The maximum Gasteiger partial charge on any atom is 0.320 e. The van der Waals surface area contributed by atoms with Crippen molar-refractivity contribution >= 4 is 28.9 Å². The Kier molecular flexibility index (Phi) is 4.59. The number of thiazole rings is 1. The van der Waals surface area contributed by atoms with Crippen molar-refractivity contribution in [1.82, 2.24) is 25.4 Å². The monoisotopic (exact) mass is 382 g/mol. The molecule has 9 heteroatoms. The standard InChI is InChI=1S/C18H18N6O2S/c1-24-10-11(8-21-24)12-3-4-14(26-2)13-7-15(22-17(12)13)23-18(25)20-9-16-19-5-6-27-16/h3-6,8,10H,7,9H2,1-2H3,(H2,20,22,23,25). The molecule has 2 aromatic heterocycles. The first-order chi connectivity index (χ1) is 13.1. The number of methoxy groups -OCH3 is 1. The second kappa shape index (κ2) is 7.20. The van der Waals surface area contributed by atoms with Crippen molar-refractivity contribution in [3.05, 3.63) is 46.7 Å². The van der Waals surface area contributed by atoms with E-state index in [4.69, 9.17) is 4.74 Å². The fraction of sp³-hybridized carbons (Fsp3) is 0.222. The summed E-state index contributed by atoms with van der Waals surface area (Å²) in [5.41, 5.74) is 3.68. The van der Waals surface area contributed by atoms with Gasteiger partial charge in [0.15, 0.2) is 0 Å². The fourth-order valence-electron chi connectivity index (χ4n) is 2.99. The third-order valence-electron chi connectivity index (χ3n) is 4.21. The van der Waals surface area contributed by atoms with Crippen molar-refractivity contribution in [3.63, 3.8) is 0 Å². The number of nitrogens with zero attached hydrogens (tertiary/aromatic N) is 4. The highest BCUT2D eigenvalue weighted by Crippen LogP contribution is 2.41. The molecule has 0 saturated heterocycles. The summed E-state index contributed by atoms with van der Waals surface area (Å²) in [6.07, 6.45) is 5.94. The van der Waals surface area contributed by atoms with Crippen LogP contribution in [0.15, 0.2) is 41.1 Å². The lowest BCUT2D eigenvalue weighted by molar-refractivity contribution is 0.245. The van der Waals surface area contributed by atoms with Gasteiger partial charge in [-0.2, -0.15) is 5.10 Å². The minimum Gasteiger partial charge on any atom is -0.496 e. The third kappa shape index (κ3) is 3.54. The smallest absolute Gasteiger partial charge is 0.320 e. The molecule has 2 amide bonds. The summed E-state index contributed by atoms with van der Waals surface area (Å²) in [6, 6.07) is 3.57. The quantitative estimate of drug-likeness (QED) is 0.725. The van der Waals surface area contributed by atoms with Crippen LogP contribution in [0.1, 0.15) is 10.6 Å². The molecule has 8 nitrogen and oxygen atoms in total.